The Hall–Kier alpha value is -2.70. The molecule has 29 heavy (non-hydrogen) atoms. The molecule has 0 unspecified atom stereocenters. The molecular formula is C23H27N3O3. The van der Waals surface area contributed by atoms with Gasteiger partial charge in [-0.3, -0.25) is 14.5 Å². The Kier molecular flexibility index (Phi) is 6.22. The Balaban J connectivity index is 1.36. The van der Waals surface area contributed by atoms with Gasteiger partial charge < -0.3 is 15.0 Å². The summed E-state index contributed by atoms with van der Waals surface area (Å²) in [5.41, 5.74) is 3.70. The quantitative estimate of drug-likeness (QED) is 0.820. The molecule has 6 heteroatoms. The minimum Gasteiger partial charge on any atom is -0.379 e. The third kappa shape index (κ3) is 5.02. The number of benzene rings is 2. The minimum atomic E-state index is -0.128. The molecule has 0 aliphatic carbocycles. The maximum Gasteiger partial charge on any atom is 0.251 e. The van der Waals surface area contributed by atoms with Gasteiger partial charge in [-0.15, -0.1) is 0 Å². The summed E-state index contributed by atoms with van der Waals surface area (Å²) in [5.74, 6) is -0.00304. The summed E-state index contributed by atoms with van der Waals surface area (Å²) in [6, 6.07) is 15.6. The van der Waals surface area contributed by atoms with E-state index in [1.54, 1.807) is 17.0 Å². The van der Waals surface area contributed by atoms with E-state index in [9.17, 15) is 9.59 Å². The van der Waals surface area contributed by atoms with Gasteiger partial charge in [-0.25, -0.2) is 0 Å². The number of ether oxygens (including phenoxy) is 1. The maximum atomic E-state index is 12.6. The van der Waals surface area contributed by atoms with Crippen LogP contribution >= 0.6 is 0 Å². The first-order valence-corrected chi connectivity index (χ1v) is 10.3. The van der Waals surface area contributed by atoms with Crippen molar-refractivity contribution in [2.45, 2.75) is 25.9 Å². The first kappa shape index (κ1) is 19.6. The predicted octanol–water partition coefficient (Wildman–Crippen LogP) is 2.58. The molecule has 1 N–H and O–H groups in total. The van der Waals surface area contributed by atoms with E-state index in [0.29, 0.717) is 18.5 Å². The largest absolute Gasteiger partial charge is 0.379 e. The Morgan fingerprint density at radius 3 is 2.59 bits per heavy atom. The van der Waals surface area contributed by atoms with Crippen LogP contribution in [0.3, 0.4) is 0 Å². The number of hydrogen-bond donors (Lipinski definition) is 1. The van der Waals surface area contributed by atoms with Crippen LogP contribution in [-0.2, 0) is 22.6 Å². The van der Waals surface area contributed by atoms with Crippen LogP contribution in [0.25, 0.3) is 0 Å². The summed E-state index contributed by atoms with van der Waals surface area (Å²) < 4.78 is 5.40. The number of anilines is 1. The van der Waals surface area contributed by atoms with Crippen molar-refractivity contribution >= 4 is 17.5 Å². The number of hydrogen-bond acceptors (Lipinski definition) is 4. The molecule has 0 bridgehead atoms. The monoisotopic (exact) mass is 393 g/mol. The number of amides is 2. The van der Waals surface area contributed by atoms with Crippen LogP contribution in [0.5, 0.6) is 0 Å². The van der Waals surface area contributed by atoms with Crippen LogP contribution in [0.2, 0.25) is 0 Å². The molecule has 2 aliphatic heterocycles. The second kappa shape index (κ2) is 9.20. The molecule has 6 nitrogen and oxygen atoms in total. The lowest BCUT2D eigenvalue weighted by Crippen LogP contribution is -2.35. The molecule has 2 aliphatic rings. The summed E-state index contributed by atoms with van der Waals surface area (Å²) in [7, 11) is 0. The van der Waals surface area contributed by atoms with Crippen molar-refractivity contribution < 1.29 is 14.3 Å². The fraction of sp³-hybridized carbons (Fsp3) is 0.391. The lowest BCUT2D eigenvalue weighted by molar-refractivity contribution is -0.117. The summed E-state index contributed by atoms with van der Waals surface area (Å²) in [4.78, 5) is 28.7. The van der Waals surface area contributed by atoms with E-state index in [0.717, 1.165) is 57.1 Å². The third-order valence-electron chi connectivity index (χ3n) is 5.45. The van der Waals surface area contributed by atoms with Gasteiger partial charge in [0, 0.05) is 50.4 Å². The second-order valence-corrected chi connectivity index (χ2v) is 7.59. The Bertz CT molecular complexity index is 877. The van der Waals surface area contributed by atoms with Crippen LogP contribution in [0.15, 0.2) is 48.5 Å². The van der Waals surface area contributed by atoms with Gasteiger partial charge in [0.15, 0.2) is 0 Å². The van der Waals surface area contributed by atoms with Gasteiger partial charge in [0.1, 0.15) is 0 Å². The van der Waals surface area contributed by atoms with Crippen molar-refractivity contribution in [3.05, 3.63) is 65.2 Å². The van der Waals surface area contributed by atoms with Gasteiger partial charge >= 0.3 is 0 Å². The molecule has 0 aromatic heterocycles. The van der Waals surface area contributed by atoms with Gasteiger partial charge in [0.2, 0.25) is 5.91 Å². The lowest BCUT2D eigenvalue weighted by Gasteiger charge is -2.26. The van der Waals surface area contributed by atoms with E-state index < -0.39 is 0 Å². The zero-order valence-electron chi connectivity index (χ0n) is 16.6. The average molecular weight is 393 g/mol. The first-order valence-electron chi connectivity index (χ1n) is 10.3. The van der Waals surface area contributed by atoms with E-state index in [-0.39, 0.29) is 11.8 Å². The Labute approximate surface area is 171 Å². The minimum absolute atomic E-state index is 0.125. The third-order valence-corrected chi connectivity index (χ3v) is 5.45. The van der Waals surface area contributed by atoms with Crippen molar-refractivity contribution in [1.29, 1.82) is 0 Å². The number of nitrogens with one attached hydrogen (secondary N) is 1. The first-order chi connectivity index (χ1) is 14.2. The molecule has 152 valence electrons. The molecule has 0 radical (unpaired) electrons. The van der Waals surface area contributed by atoms with Crippen molar-refractivity contribution in [3.8, 4) is 0 Å². The highest BCUT2D eigenvalue weighted by atomic mass is 16.5. The van der Waals surface area contributed by atoms with Gasteiger partial charge in [-0.05, 0) is 35.7 Å². The molecule has 0 spiro atoms. The molecule has 2 heterocycles. The summed E-state index contributed by atoms with van der Waals surface area (Å²) in [5, 5.41) is 3.00. The molecule has 0 saturated carbocycles. The van der Waals surface area contributed by atoms with Gasteiger partial charge in [-0.2, -0.15) is 0 Å². The van der Waals surface area contributed by atoms with Gasteiger partial charge in [-0.1, -0.05) is 30.3 Å². The highest BCUT2D eigenvalue weighted by Gasteiger charge is 2.22. The number of morpholine rings is 1. The van der Waals surface area contributed by atoms with Crippen LogP contribution < -0.4 is 10.2 Å². The Morgan fingerprint density at radius 2 is 1.79 bits per heavy atom. The topological polar surface area (TPSA) is 61.9 Å². The molecule has 2 aromatic carbocycles. The van der Waals surface area contributed by atoms with Crippen molar-refractivity contribution in [3.63, 3.8) is 0 Å². The number of carbonyl (C=O) groups is 2. The van der Waals surface area contributed by atoms with Crippen LogP contribution in [0, 0.1) is 0 Å². The van der Waals surface area contributed by atoms with E-state index in [4.69, 9.17) is 4.74 Å². The van der Waals surface area contributed by atoms with Crippen LogP contribution in [0.4, 0.5) is 5.69 Å². The zero-order valence-corrected chi connectivity index (χ0v) is 16.6. The fourth-order valence-electron chi connectivity index (χ4n) is 3.88. The zero-order chi connectivity index (χ0) is 20.1. The molecule has 2 fully saturated rings. The van der Waals surface area contributed by atoms with E-state index >= 15 is 0 Å². The number of nitrogens with zero attached hydrogens (tertiary/aromatic N) is 2. The summed E-state index contributed by atoms with van der Waals surface area (Å²) >= 11 is 0. The number of rotatable bonds is 6. The normalized spacial score (nSPS) is 17.5. The van der Waals surface area contributed by atoms with Crippen molar-refractivity contribution in [1.82, 2.24) is 10.2 Å². The molecule has 0 atom stereocenters. The lowest BCUT2D eigenvalue weighted by atomic mass is 10.1. The van der Waals surface area contributed by atoms with Crippen LogP contribution in [0.1, 0.15) is 34.3 Å². The average Bonchev–Trinajstić information content (AvgIpc) is 3.19. The molecule has 4 rings (SSSR count). The van der Waals surface area contributed by atoms with E-state index in [2.05, 4.69) is 22.3 Å². The Morgan fingerprint density at radius 1 is 1.00 bits per heavy atom. The maximum absolute atomic E-state index is 12.6. The summed E-state index contributed by atoms with van der Waals surface area (Å²) in [6.07, 6.45) is 1.45. The molecule has 2 aromatic rings. The number of carbonyl (C=O) groups excluding carboxylic acids is 2. The van der Waals surface area contributed by atoms with E-state index in [1.165, 1.54) is 5.56 Å². The molecule has 2 saturated heterocycles. The molecular weight excluding hydrogens is 366 g/mol. The van der Waals surface area contributed by atoms with Crippen LogP contribution in [-0.4, -0.2) is 49.6 Å². The van der Waals surface area contributed by atoms with E-state index in [1.807, 2.05) is 24.3 Å². The van der Waals surface area contributed by atoms with Gasteiger partial charge in [0.05, 0.1) is 13.2 Å². The van der Waals surface area contributed by atoms with Crippen molar-refractivity contribution in [2.75, 3.05) is 37.7 Å². The second-order valence-electron chi connectivity index (χ2n) is 7.59. The smallest absolute Gasteiger partial charge is 0.251 e. The predicted molar refractivity (Wildman–Crippen MR) is 112 cm³/mol. The van der Waals surface area contributed by atoms with Gasteiger partial charge in [0.25, 0.3) is 5.91 Å². The fourth-order valence-corrected chi connectivity index (χ4v) is 3.88. The SMILES string of the molecule is O=C(NCc1cccc(CN2CCOCC2)c1)c1cccc(N2CCCC2=O)c1. The van der Waals surface area contributed by atoms with Crippen molar-refractivity contribution in [2.24, 2.45) is 0 Å². The highest BCUT2D eigenvalue weighted by molar-refractivity contribution is 5.99. The highest BCUT2D eigenvalue weighted by Crippen LogP contribution is 2.22. The summed E-state index contributed by atoms with van der Waals surface area (Å²) in [6.45, 7) is 5.59. The molecule has 2 amide bonds. The standard InChI is InChI=1S/C23H27N3O3/c27-22-8-3-9-26(22)21-7-2-6-20(15-21)23(28)24-16-18-4-1-5-19(14-18)17-25-10-12-29-13-11-25/h1-2,4-7,14-15H,3,8-13,16-17H2,(H,24,28).